The second kappa shape index (κ2) is 6.08. The van der Waals surface area contributed by atoms with E-state index in [2.05, 4.69) is 25.6 Å². The van der Waals surface area contributed by atoms with Crippen molar-refractivity contribution in [3.8, 4) is 11.3 Å². The molecule has 0 saturated heterocycles. The highest BCUT2D eigenvalue weighted by molar-refractivity contribution is 5.99. The van der Waals surface area contributed by atoms with E-state index < -0.39 is 0 Å². The summed E-state index contributed by atoms with van der Waals surface area (Å²) in [6, 6.07) is 13.4. The summed E-state index contributed by atoms with van der Waals surface area (Å²) in [6.07, 6.45) is 3.73. The van der Waals surface area contributed by atoms with Crippen LogP contribution in [0, 0.1) is 0 Å². The van der Waals surface area contributed by atoms with Gasteiger partial charge in [-0.25, -0.2) is 9.97 Å². The standard InChI is InChI=1S/C18H15N5O/c24-16-9-12-10-20-18(21-11-13-5-3-4-8-19-13)23-17(12)14-6-1-2-7-15(14)22-16/h1-8,10H,9,11H2,(H,22,24)(H,20,21,23). The molecule has 0 fully saturated rings. The Balaban J connectivity index is 1.67. The van der Waals surface area contributed by atoms with Crippen molar-refractivity contribution >= 4 is 17.5 Å². The number of hydrogen-bond acceptors (Lipinski definition) is 5. The van der Waals surface area contributed by atoms with Crippen LogP contribution in [-0.4, -0.2) is 20.9 Å². The molecule has 3 heterocycles. The number of carbonyl (C=O) groups is 1. The van der Waals surface area contributed by atoms with E-state index in [1.807, 2.05) is 42.5 Å². The molecule has 1 amide bonds. The van der Waals surface area contributed by atoms with Crippen molar-refractivity contribution in [2.45, 2.75) is 13.0 Å². The molecule has 2 aromatic heterocycles. The normalized spacial score (nSPS) is 12.6. The number of rotatable bonds is 3. The zero-order chi connectivity index (χ0) is 16.4. The van der Waals surface area contributed by atoms with E-state index in [1.165, 1.54) is 0 Å². The number of pyridine rings is 1. The third-order valence-electron chi connectivity index (χ3n) is 3.83. The van der Waals surface area contributed by atoms with Crippen molar-refractivity contribution in [3.63, 3.8) is 0 Å². The number of para-hydroxylation sites is 1. The Morgan fingerprint density at radius 2 is 1.96 bits per heavy atom. The van der Waals surface area contributed by atoms with Crippen molar-refractivity contribution in [1.29, 1.82) is 0 Å². The molecule has 4 rings (SSSR count). The van der Waals surface area contributed by atoms with E-state index in [0.29, 0.717) is 12.5 Å². The zero-order valence-corrected chi connectivity index (χ0v) is 12.9. The number of anilines is 2. The summed E-state index contributed by atoms with van der Waals surface area (Å²) in [5.41, 5.74) is 4.19. The number of nitrogens with one attached hydrogen (secondary N) is 2. The molecule has 0 aliphatic carbocycles. The van der Waals surface area contributed by atoms with Crippen LogP contribution in [0.4, 0.5) is 11.6 Å². The molecule has 0 radical (unpaired) electrons. The molecular formula is C18H15N5O. The van der Waals surface area contributed by atoms with E-state index >= 15 is 0 Å². The fourth-order valence-electron chi connectivity index (χ4n) is 2.69. The number of fused-ring (bicyclic) bond motifs is 3. The highest BCUT2D eigenvalue weighted by Gasteiger charge is 2.20. The van der Waals surface area contributed by atoms with Gasteiger partial charge in [-0.05, 0) is 18.2 Å². The van der Waals surface area contributed by atoms with Crippen molar-refractivity contribution in [2.75, 3.05) is 10.6 Å². The fourth-order valence-corrected chi connectivity index (χ4v) is 2.69. The van der Waals surface area contributed by atoms with E-state index in [-0.39, 0.29) is 12.3 Å². The first kappa shape index (κ1) is 14.3. The maximum Gasteiger partial charge on any atom is 0.228 e. The first-order chi connectivity index (χ1) is 11.8. The van der Waals surface area contributed by atoms with Gasteiger partial charge in [-0.3, -0.25) is 9.78 Å². The lowest BCUT2D eigenvalue weighted by molar-refractivity contribution is -0.115. The molecule has 6 nitrogen and oxygen atoms in total. The monoisotopic (exact) mass is 317 g/mol. The van der Waals surface area contributed by atoms with Crippen molar-refractivity contribution < 1.29 is 4.79 Å². The Labute approximate surface area is 139 Å². The van der Waals surface area contributed by atoms with Gasteiger partial charge in [-0.2, -0.15) is 0 Å². The van der Waals surface area contributed by atoms with Crippen molar-refractivity contribution in [3.05, 3.63) is 66.1 Å². The van der Waals surface area contributed by atoms with Gasteiger partial charge in [0.2, 0.25) is 11.9 Å². The number of aromatic nitrogens is 3. The molecule has 6 heteroatoms. The molecule has 1 aliphatic heterocycles. The van der Waals surface area contributed by atoms with Crippen LogP contribution in [0.2, 0.25) is 0 Å². The first-order valence-corrected chi connectivity index (χ1v) is 7.68. The van der Waals surface area contributed by atoms with Crippen molar-refractivity contribution in [2.24, 2.45) is 0 Å². The van der Waals surface area contributed by atoms with Gasteiger partial charge < -0.3 is 10.6 Å². The summed E-state index contributed by atoms with van der Waals surface area (Å²) in [5, 5.41) is 6.09. The third kappa shape index (κ3) is 2.81. The molecule has 2 N–H and O–H groups in total. The lowest BCUT2D eigenvalue weighted by atomic mass is 10.1. The van der Waals surface area contributed by atoms with Crippen LogP contribution in [0.15, 0.2) is 54.9 Å². The molecule has 118 valence electrons. The minimum atomic E-state index is -0.0565. The largest absolute Gasteiger partial charge is 0.349 e. The number of hydrogen-bond donors (Lipinski definition) is 2. The minimum Gasteiger partial charge on any atom is -0.349 e. The molecule has 0 unspecified atom stereocenters. The van der Waals surface area contributed by atoms with Crippen LogP contribution >= 0.6 is 0 Å². The smallest absolute Gasteiger partial charge is 0.228 e. The van der Waals surface area contributed by atoms with Gasteiger partial charge in [0.25, 0.3) is 0 Å². The number of carbonyl (C=O) groups excluding carboxylic acids is 1. The molecule has 1 aromatic carbocycles. The van der Waals surface area contributed by atoms with Gasteiger partial charge in [0.05, 0.1) is 30.0 Å². The van der Waals surface area contributed by atoms with Crippen LogP contribution in [0.5, 0.6) is 0 Å². The Morgan fingerprint density at radius 3 is 2.83 bits per heavy atom. The molecule has 1 aliphatic rings. The molecular weight excluding hydrogens is 302 g/mol. The summed E-state index contributed by atoms with van der Waals surface area (Å²) < 4.78 is 0. The Morgan fingerprint density at radius 1 is 1.08 bits per heavy atom. The molecule has 0 saturated carbocycles. The quantitative estimate of drug-likeness (QED) is 0.776. The number of benzene rings is 1. The van der Waals surface area contributed by atoms with E-state index in [4.69, 9.17) is 0 Å². The summed E-state index contributed by atoms with van der Waals surface area (Å²) >= 11 is 0. The van der Waals surface area contributed by atoms with Crippen LogP contribution < -0.4 is 10.6 Å². The van der Waals surface area contributed by atoms with Gasteiger partial charge in [0.15, 0.2) is 0 Å². The molecule has 0 spiro atoms. The Bertz CT molecular complexity index is 895. The predicted octanol–water partition coefficient (Wildman–Crippen LogP) is 2.65. The molecule has 24 heavy (non-hydrogen) atoms. The van der Waals surface area contributed by atoms with Gasteiger partial charge in [-0.1, -0.05) is 24.3 Å². The van der Waals surface area contributed by atoms with E-state index in [9.17, 15) is 4.79 Å². The van der Waals surface area contributed by atoms with Gasteiger partial charge in [0, 0.05) is 23.5 Å². The third-order valence-corrected chi connectivity index (χ3v) is 3.83. The van der Waals surface area contributed by atoms with Crippen LogP contribution in [-0.2, 0) is 17.8 Å². The minimum absolute atomic E-state index is 0.0565. The molecule has 0 bridgehead atoms. The SMILES string of the molecule is O=C1Cc2cnc(NCc3ccccn3)nc2-c2ccccc2N1. The maximum absolute atomic E-state index is 12.0. The highest BCUT2D eigenvalue weighted by Crippen LogP contribution is 2.32. The predicted molar refractivity (Wildman–Crippen MR) is 91.4 cm³/mol. The topological polar surface area (TPSA) is 79.8 Å². The maximum atomic E-state index is 12.0. The summed E-state index contributed by atoms with van der Waals surface area (Å²) in [4.78, 5) is 25.2. The van der Waals surface area contributed by atoms with E-state index in [0.717, 1.165) is 28.2 Å². The Hall–Kier alpha value is -3.28. The van der Waals surface area contributed by atoms with Crippen molar-refractivity contribution in [1.82, 2.24) is 15.0 Å². The summed E-state index contributed by atoms with van der Waals surface area (Å²) in [6.45, 7) is 0.540. The fraction of sp³-hybridized carbons (Fsp3) is 0.111. The van der Waals surface area contributed by atoms with Gasteiger partial charge in [-0.15, -0.1) is 0 Å². The zero-order valence-electron chi connectivity index (χ0n) is 12.9. The molecule has 0 atom stereocenters. The summed E-state index contributed by atoms with van der Waals surface area (Å²) in [7, 11) is 0. The second-order valence-corrected chi connectivity index (χ2v) is 5.51. The lowest BCUT2D eigenvalue weighted by Crippen LogP contribution is -2.13. The first-order valence-electron chi connectivity index (χ1n) is 7.68. The van der Waals surface area contributed by atoms with Gasteiger partial charge in [0.1, 0.15) is 0 Å². The van der Waals surface area contributed by atoms with Crippen LogP contribution in [0.1, 0.15) is 11.3 Å². The average molecular weight is 317 g/mol. The molecule has 3 aromatic rings. The highest BCUT2D eigenvalue weighted by atomic mass is 16.1. The van der Waals surface area contributed by atoms with Crippen LogP contribution in [0.3, 0.4) is 0 Å². The average Bonchev–Trinajstić information content (AvgIpc) is 2.76. The van der Waals surface area contributed by atoms with E-state index in [1.54, 1.807) is 12.4 Å². The summed E-state index contributed by atoms with van der Waals surface area (Å²) in [5.74, 6) is 0.461. The Kier molecular flexibility index (Phi) is 3.63. The number of nitrogens with zero attached hydrogens (tertiary/aromatic N) is 3. The van der Waals surface area contributed by atoms with Gasteiger partial charge >= 0.3 is 0 Å². The van der Waals surface area contributed by atoms with Crippen LogP contribution in [0.25, 0.3) is 11.3 Å². The lowest BCUT2D eigenvalue weighted by Gasteiger charge is -2.10. The number of amides is 1. The second-order valence-electron chi connectivity index (χ2n) is 5.51.